The Balaban J connectivity index is 2.22. The van der Waals surface area contributed by atoms with Crippen LogP contribution in [0.1, 0.15) is 17.0 Å². The van der Waals surface area contributed by atoms with Gasteiger partial charge in [-0.1, -0.05) is 12.1 Å². The van der Waals surface area contributed by atoms with Crippen LogP contribution in [-0.2, 0) is 6.54 Å². The molecule has 0 atom stereocenters. The quantitative estimate of drug-likeness (QED) is 0.865. The second-order valence-electron chi connectivity index (χ2n) is 4.33. The number of hydrogen-bond acceptors (Lipinski definition) is 4. The van der Waals surface area contributed by atoms with Crippen molar-refractivity contribution in [2.45, 2.75) is 20.4 Å². The van der Waals surface area contributed by atoms with Gasteiger partial charge in [0.25, 0.3) is 0 Å². The minimum Gasteiger partial charge on any atom is -0.340 e. The maximum absolute atomic E-state index is 4.44. The summed E-state index contributed by atoms with van der Waals surface area (Å²) in [4.78, 5) is 8.64. The Hall–Kier alpha value is -1.94. The van der Waals surface area contributed by atoms with E-state index in [-0.39, 0.29) is 0 Å². The van der Waals surface area contributed by atoms with E-state index < -0.39 is 0 Å². The van der Waals surface area contributed by atoms with Gasteiger partial charge in [-0.25, -0.2) is 9.97 Å². The van der Waals surface area contributed by atoms with Crippen molar-refractivity contribution in [2.24, 2.45) is 0 Å². The van der Waals surface area contributed by atoms with Gasteiger partial charge in [0, 0.05) is 11.9 Å². The molecule has 0 amide bonds. The van der Waals surface area contributed by atoms with Crippen LogP contribution in [0, 0.1) is 13.8 Å². The van der Waals surface area contributed by atoms with E-state index in [0.29, 0.717) is 6.54 Å². The third-order valence-corrected chi connectivity index (χ3v) is 2.70. The van der Waals surface area contributed by atoms with Gasteiger partial charge in [-0.05, 0) is 44.2 Å². The number of aromatic nitrogens is 2. The number of nitrogens with zero attached hydrogens (tertiary/aromatic N) is 2. The van der Waals surface area contributed by atoms with Gasteiger partial charge in [0.2, 0.25) is 0 Å². The predicted molar refractivity (Wildman–Crippen MR) is 74.0 cm³/mol. The Labute approximate surface area is 107 Å². The molecule has 0 saturated carbocycles. The first-order valence-corrected chi connectivity index (χ1v) is 6.00. The van der Waals surface area contributed by atoms with Gasteiger partial charge in [0.05, 0.1) is 6.54 Å². The summed E-state index contributed by atoms with van der Waals surface area (Å²) in [6.07, 6.45) is 1.77. The van der Waals surface area contributed by atoms with Gasteiger partial charge >= 0.3 is 0 Å². The maximum atomic E-state index is 4.44. The van der Waals surface area contributed by atoms with Crippen molar-refractivity contribution in [2.75, 3.05) is 12.4 Å². The first-order chi connectivity index (χ1) is 8.69. The molecule has 1 aromatic carbocycles. The fourth-order valence-electron chi connectivity index (χ4n) is 1.72. The van der Waals surface area contributed by atoms with Crippen molar-refractivity contribution < 1.29 is 0 Å². The molecule has 0 spiro atoms. The van der Waals surface area contributed by atoms with Crippen molar-refractivity contribution >= 4 is 11.5 Å². The number of hydrogen-bond donors (Lipinski definition) is 2. The second kappa shape index (κ2) is 5.60. The first kappa shape index (κ1) is 12.5. The molecule has 18 heavy (non-hydrogen) atoms. The maximum Gasteiger partial charge on any atom is 0.144 e. The van der Waals surface area contributed by atoms with Crippen LogP contribution in [0.5, 0.6) is 0 Å². The number of nitrogens with one attached hydrogen (secondary N) is 2. The average Bonchev–Trinajstić information content (AvgIpc) is 2.35. The van der Waals surface area contributed by atoms with Crippen LogP contribution in [0.4, 0.5) is 11.5 Å². The summed E-state index contributed by atoms with van der Waals surface area (Å²) in [7, 11) is 1.88. The number of rotatable bonds is 4. The normalized spacial score (nSPS) is 10.4. The third-order valence-electron chi connectivity index (χ3n) is 2.70. The molecule has 0 unspecified atom stereocenters. The molecule has 0 bridgehead atoms. The van der Waals surface area contributed by atoms with Gasteiger partial charge in [0.15, 0.2) is 0 Å². The van der Waals surface area contributed by atoms with E-state index in [4.69, 9.17) is 0 Å². The van der Waals surface area contributed by atoms with E-state index in [1.54, 1.807) is 6.20 Å². The minimum atomic E-state index is 0.669. The van der Waals surface area contributed by atoms with Crippen LogP contribution < -0.4 is 10.6 Å². The highest BCUT2D eigenvalue weighted by atomic mass is 15.0. The molecule has 0 aliphatic heterocycles. The molecular weight excluding hydrogens is 224 g/mol. The van der Waals surface area contributed by atoms with Crippen LogP contribution >= 0.6 is 0 Å². The Bertz CT molecular complexity index is 537. The lowest BCUT2D eigenvalue weighted by Crippen LogP contribution is -2.09. The average molecular weight is 242 g/mol. The van der Waals surface area contributed by atoms with Crippen molar-refractivity contribution in [1.82, 2.24) is 15.3 Å². The van der Waals surface area contributed by atoms with Crippen LogP contribution in [0.2, 0.25) is 0 Å². The van der Waals surface area contributed by atoms with E-state index in [0.717, 1.165) is 17.3 Å². The SMILES string of the molecule is CNCc1nccc(Nc2cc(C)ccc2C)n1. The fraction of sp³-hybridized carbons (Fsp3) is 0.286. The van der Waals surface area contributed by atoms with Gasteiger partial charge < -0.3 is 10.6 Å². The zero-order chi connectivity index (χ0) is 13.0. The molecule has 4 heteroatoms. The zero-order valence-electron chi connectivity index (χ0n) is 11.0. The molecule has 2 aromatic rings. The monoisotopic (exact) mass is 242 g/mol. The van der Waals surface area contributed by atoms with E-state index >= 15 is 0 Å². The summed E-state index contributed by atoms with van der Waals surface area (Å²) in [5.41, 5.74) is 3.52. The number of aryl methyl sites for hydroxylation is 2. The molecule has 0 aliphatic rings. The largest absolute Gasteiger partial charge is 0.340 e. The summed E-state index contributed by atoms with van der Waals surface area (Å²) in [6, 6.07) is 8.20. The Morgan fingerprint density at radius 3 is 2.78 bits per heavy atom. The molecule has 0 aliphatic carbocycles. The first-order valence-electron chi connectivity index (χ1n) is 6.00. The molecular formula is C14H18N4. The lowest BCUT2D eigenvalue weighted by molar-refractivity contribution is 0.759. The molecule has 94 valence electrons. The predicted octanol–water partition coefficient (Wildman–Crippen LogP) is 2.56. The summed E-state index contributed by atoms with van der Waals surface area (Å²) in [5.74, 6) is 1.61. The summed E-state index contributed by atoms with van der Waals surface area (Å²) < 4.78 is 0. The fourth-order valence-corrected chi connectivity index (χ4v) is 1.72. The number of anilines is 2. The minimum absolute atomic E-state index is 0.669. The second-order valence-corrected chi connectivity index (χ2v) is 4.33. The van der Waals surface area contributed by atoms with E-state index in [1.807, 2.05) is 13.1 Å². The third kappa shape index (κ3) is 3.05. The van der Waals surface area contributed by atoms with E-state index in [9.17, 15) is 0 Å². The lowest BCUT2D eigenvalue weighted by Gasteiger charge is -2.10. The van der Waals surface area contributed by atoms with Crippen LogP contribution in [0.15, 0.2) is 30.5 Å². The Kier molecular flexibility index (Phi) is 3.89. The van der Waals surface area contributed by atoms with Crippen LogP contribution in [0.3, 0.4) is 0 Å². The van der Waals surface area contributed by atoms with Gasteiger partial charge in [-0.2, -0.15) is 0 Å². The zero-order valence-corrected chi connectivity index (χ0v) is 11.0. The molecule has 0 fully saturated rings. The van der Waals surface area contributed by atoms with Crippen LogP contribution in [-0.4, -0.2) is 17.0 Å². The molecule has 0 saturated heterocycles. The standard InChI is InChI=1S/C14H18N4/c1-10-4-5-11(2)12(8-10)17-13-6-7-16-14(18-13)9-15-3/h4-8,15H,9H2,1-3H3,(H,16,17,18). The summed E-state index contributed by atoms with van der Waals surface area (Å²) >= 11 is 0. The van der Waals surface area contributed by atoms with Gasteiger partial charge in [0.1, 0.15) is 11.6 Å². The molecule has 0 radical (unpaired) electrons. The molecule has 1 aromatic heterocycles. The molecule has 2 rings (SSSR count). The molecule has 4 nitrogen and oxygen atoms in total. The van der Waals surface area contributed by atoms with E-state index in [2.05, 4.69) is 52.6 Å². The van der Waals surface area contributed by atoms with E-state index in [1.165, 1.54) is 11.1 Å². The lowest BCUT2D eigenvalue weighted by atomic mass is 10.1. The Morgan fingerprint density at radius 2 is 2.00 bits per heavy atom. The van der Waals surface area contributed by atoms with Gasteiger partial charge in [-0.15, -0.1) is 0 Å². The topological polar surface area (TPSA) is 49.8 Å². The molecule has 1 heterocycles. The summed E-state index contributed by atoms with van der Waals surface area (Å²) in [5, 5.41) is 6.38. The molecule has 2 N–H and O–H groups in total. The van der Waals surface area contributed by atoms with Gasteiger partial charge in [-0.3, -0.25) is 0 Å². The highest BCUT2D eigenvalue weighted by molar-refractivity contribution is 5.61. The highest BCUT2D eigenvalue weighted by Gasteiger charge is 2.02. The Morgan fingerprint density at radius 1 is 1.17 bits per heavy atom. The van der Waals surface area contributed by atoms with Crippen molar-refractivity contribution in [3.63, 3.8) is 0 Å². The van der Waals surface area contributed by atoms with Crippen molar-refractivity contribution in [3.05, 3.63) is 47.4 Å². The van der Waals surface area contributed by atoms with Crippen molar-refractivity contribution in [3.8, 4) is 0 Å². The number of benzene rings is 1. The smallest absolute Gasteiger partial charge is 0.144 e. The summed E-state index contributed by atoms with van der Waals surface area (Å²) in [6.45, 7) is 4.83. The van der Waals surface area contributed by atoms with Crippen LogP contribution in [0.25, 0.3) is 0 Å². The highest BCUT2D eigenvalue weighted by Crippen LogP contribution is 2.20. The van der Waals surface area contributed by atoms with Crippen molar-refractivity contribution in [1.29, 1.82) is 0 Å².